The highest BCUT2D eigenvalue weighted by Crippen LogP contribution is 2.27. The Kier molecular flexibility index (Phi) is 7.75. The fourth-order valence-corrected chi connectivity index (χ4v) is 3.73. The molecule has 1 N–H and O–H groups in total. The van der Waals surface area contributed by atoms with Gasteiger partial charge in [-0.15, -0.1) is 0 Å². The highest BCUT2D eigenvalue weighted by molar-refractivity contribution is 6.04. The van der Waals surface area contributed by atoms with Crippen molar-refractivity contribution in [1.29, 1.82) is 0 Å². The minimum absolute atomic E-state index is 0.177. The van der Waals surface area contributed by atoms with Crippen LogP contribution in [0.5, 0.6) is 11.5 Å². The van der Waals surface area contributed by atoms with Gasteiger partial charge in [-0.25, -0.2) is 10.2 Å². The van der Waals surface area contributed by atoms with Crippen molar-refractivity contribution in [2.75, 3.05) is 6.61 Å². The van der Waals surface area contributed by atoms with Crippen molar-refractivity contribution in [3.05, 3.63) is 107 Å². The first-order chi connectivity index (χ1) is 17.4. The molecule has 1 amide bonds. The summed E-state index contributed by atoms with van der Waals surface area (Å²) in [6.07, 6.45) is 1.48. The number of ether oxygens (including phenoxy) is 2. The quantitative estimate of drug-likeness (QED) is 0.145. The molecule has 0 atom stereocenters. The van der Waals surface area contributed by atoms with E-state index in [1.807, 2.05) is 73.7 Å². The Morgan fingerprint density at radius 1 is 0.944 bits per heavy atom. The van der Waals surface area contributed by atoms with E-state index < -0.39 is 11.9 Å². The van der Waals surface area contributed by atoms with Crippen molar-refractivity contribution in [3.63, 3.8) is 0 Å². The van der Waals surface area contributed by atoms with Gasteiger partial charge in [0.25, 0.3) is 5.91 Å². The number of amides is 1. The third-order valence-corrected chi connectivity index (χ3v) is 5.69. The first-order valence-corrected chi connectivity index (χ1v) is 11.8. The fourth-order valence-electron chi connectivity index (χ4n) is 3.73. The fraction of sp³-hybridized carbons (Fsp3) is 0.167. The van der Waals surface area contributed by atoms with Crippen LogP contribution in [0, 0.1) is 6.92 Å². The molecule has 0 radical (unpaired) electrons. The predicted molar refractivity (Wildman–Crippen MR) is 142 cm³/mol. The van der Waals surface area contributed by atoms with Crippen LogP contribution in [0.3, 0.4) is 0 Å². The molecule has 0 fully saturated rings. The van der Waals surface area contributed by atoms with Crippen molar-refractivity contribution in [1.82, 2.24) is 5.43 Å². The van der Waals surface area contributed by atoms with Crippen LogP contribution in [0.4, 0.5) is 0 Å². The number of benzene rings is 4. The average Bonchev–Trinajstić information content (AvgIpc) is 2.88. The van der Waals surface area contributed by atoms with E-state index in [2.05, 4.69) is 24.4 Å². The number of nitrogens with zero attached hydrogens (tertiary/aromatic N) is 1. The summed E-state index contributed by atoms with van der Waals surface area (Å²) in [7, 11) is 0. The Balaban J connectivity index is 1.47. The smallest absolute Gasteiger partial charge is 0.343 e. The molecule has 0 aliphatic carbocycles. The number of carbonyl (C=O) groups is 2. The van der Waals surface area contributed by atoms with Crippen molar-refractivity contribution in [3.8, 4) is 11.5 Å². The molecule has 0 aliphatic rings. The monoisotopic (exact) mass is 480 g/mol. The van der Waals surface area contributed by atoms with Gasteiger partial charge in [0.15, 0.2) is 6.61 Å². The standard InChI is InChI=1S/C30H28N2O4/c1-20(2)22-11-14-25(15-12-22)35-19-29(33)32-31-18-27-26-10-5-4-8-23(26)13-16-28(27)36-30(34)24-9-6-7-21(3)17-24/h4-18,20H,19H2,1-3H3,(H,32,33). The first-order valence-electron chi connectivity index (χ1n) is 11.8. The lowest BCUT2D eigenvalue weighted by atomic mass is 10.0. The average molecular weight is 481 g/mol. The number of hydrogen-bond donors (Lipinski definition) is 1. The summed E-state index contributed by atoms with van der Waals surface area (Å²) in [4.78, 5) is 25.1. The van der Waals surface area contributed by atoms with Gasteiger partial charge in [0.1, 0.15) is 11.5 Å². The van der Waals surface area contributed by atoms with E-state index in [1.165, 1.54) is 11.8 Å². The second-order valence-electron chi connectivity index (χ2n) is 8.76. The highest BCUT2D eigenvalue weighted by Gasteiger charge is 2.14. The van der Waals surface area contributed by atoms with Crippen LogP contribution in [-0.2, 0) is 4.79 Å². The molecule has 0 aliphatic heterocycles. The largest absolute Gasteiger partial charge is 0.484 e. The Bertz CT molecular complexity index is 1410. The van der Waals surface area contributed by atoms with Crippen LogP contribution in [0.2, 0.25) is 0 Å². The number of hydrazone groups is 1. The zero-order chi connectivity index (χ0) is 25.5. The van der Waals surface area contributed by atoms with Crippen molar-refractivity contribution >= 4 is 28.9 Å². The SMILES string of the molecule is Cc1cccc(C(=O)Oc2ccc3ccccc3c2C=NNC(=O)COc2ccc(C(C)C)cc2)c1. The summed E-state index contributed by atoms with van der Waals surface area (Å²) in [5, 5.41) is 5.89. The van der Waals surface area contributed by atoms with E-state index in [1.54, 1.807) is 18.2 Å². The lowest BCUT2D eigenvalue weighted by molar-refractivity contribution is -0.123. The molecular weight excluding hydrogens is 452 g/mol. The molecule has 0 spiro atoms. The van der Waals surface area contributed by atoms with Gasteiger partial charge in [-0.1, -0.05) is 74.0 Å². The Morgan fingerprint density at radius 3 is 2.47 bits per heavy atom. The second kappa shape index (κ2) is 11.3. The molecule has 6 heteroatoms. The van der Waals surface area contributed by atoms with E-state index in [-0.39, 0.29) is 6.61 Å². The predicted octanol–water partition coefficient (Wildman–Crippen LogP) is 6.02. The molecule has 4 rings (SSSR count). The molecule has 0 aromatic heterocycles. The van der Waals surface area contributed by atoms with Crippen molar-refractivity contribution < 1.29 is 19.1 Å². The maximum absolute atomic E-state index is 12.8. The molecule has 182 valence electrons. The first kappa shape index (κ1) is 24.7. The Hall–Kier alpha value is -4.45. The van der Waals surface area contributed by atoms with Gasteiger partial charge in [-0.3, -0.25) is 4.79 Å². The molecule has 0 heterocycles. The maximum atomic E-state index is 12.8. The van der Waals surface area contributed by atoms with Gasteiger partial charge in [0.2, 0.25) is 0 Å². The number of rotatable bonds is 8. The molecular formula is C30H28N2O4. The number of esters is 1. The summed E-state index contributed by atoms with van der Waals surface area (Å²) in [5.41, 5.74) is 5.68. The summed E-state index contributed by atoms with van der Waals surface area (Å²) in [6, 6.07) is 26.1. The van der Waals surface area contributed by atoms with Gasteiger partial charge in [-0.2, -0.15) is 5.10 Å². The lowest BCUT2D eigenvalue weighted by Gasteiger charge is -2.11. The highest BCUT2D eigenvalue weighted by atomic mass is 16.5. The summed E-state index contributed by atoms with van der Waals surface area (Å²) in [6.45, 7) is 5.97. The number of carbonyl (C=O) groups excluding carboxylic acids is 2. The molecule has 0 saturated carbocycles. The molecule has 0 saturated heterocycles. The van der Waals surface area contributed by atoms with Gasteiger partial charge >= 0.3 is 5.97 Å². The maximum Gasteiger partial charge on any atom is 0.343 e. The number of aryl methyl sites for hydroxylation is 1. The molecule has 36 heavy (non-hydrogen) atoms. The molecule has 0 unspecified atom stereocenters. The second-order valence-corrected chi connectivity index (χ2v) is 8.76. The van der Waals surface area contributed by atoms with E-state index in [4.69, 9.17) is 9.47 Å². The van der Waals surface area contributed by atoms with E-state index in [9.17, 15) is 9.59 Å². The molecule has 6 nitrogen and oxygen atoms in total. The van der Waals surface area contributed by atoms with Gasteiger partial charge < -0.3 is 9.47 Å². The summed E-state index contributed by atoms with van der Waals surface area (Å²) >= 11 is 0. The third-order valence-electron chi connectivity index (χ3n) is 5.69. The summed E-state index contributed by atoms with van der Waals surface area (Å²) in [5.74, 6) is 0.506. The Morgan fingerprint density at radius 2 is 1.72 bits per heavy atom. The van der Waals surface area contributed by atoms with E-state index in [0.29, 0.717) is 28.5 Å². The van der Waals surface area contributed by atoms with Crippen molar-refractivity contribution in [2.24, 2.45) is 5.10 Å². The van der Waals surface area contributed by atoms with Crippen LogP contribution >= 0.6 is 0 Å². The number of nitrogens with one attached hydrogen (secondary N) is 1. The van der Waals surface area contributed by atoms with Gasteiger partial charge in [-0.05, 0) is 59.5 Å². The Labute approximate surface area is 210 Å². The zero-order valence-corrected chi connectivity index (χ0v) is 20.5. The summed E-state index contributed by atoms with van der Waals surface area (Å²) < 4.78 is 11.3. The van der Waals surface area contributed by atoms with E-state index in [0.717, 1.165) is 16.3 Å². The number of hydrogen-bond acceptors (Lipinski definition) is 5. The van der Waals surface area contributed by atoms with Crippen LogP contribution in [0.1, 0.15) is 46.8 Å². The zero-order valence-electron chi connectivity index (χ0n) is 20.5. The lowest BCUT2D eigenvalue weighted by Crippen LogP contribution is -2.24. The van der Waals surface area contributed by atoms with Crippen LogP contribution in [0.25, 0.3) is 10.8 Å². The van der Waals surface area contributed by atoms with Crippen molar-refractivity contribution in [2.45, 2.75) is 26.7 Å². The van der Waals surface area contributed by atoms with E-state index >= 15 is 0 Å². The molecule has 0 bridgehead atoms. The number of fused-ring (bicyclic) bond motifs is 1. The normalized spacial score (nSPS) is 11.1. The van der Waals surface area contributed by atoms with Crippen LogP contribution < -0.4 is 14.9 Å². The van der Waals surface area contributed by atoms with Gasteiger partial charge in [0.05, 0.1) is 11.8 Å². The minimum atomic E-state index is -0.468. The molecule has 4 aromatic carbocycles. The topological polar surface area (TPSA) is 77.0 Å². The van der Waals surface area contributed by atoms with Crippen LogP contribution in [-0.4, -0.2) is 24.7 Å². The third kappa shape index (κ3) is 6.16. The minimum Gasteiger partial charge on any atom is -0.484 e. The van der Waals surface area contributed by atoms with Gasteiger partial charge in [0, 0.05) is 5.56 Å². The van der Waals surface area contributed by atoms with Crippen LogP contribution in [0.15, 0.2) is 90.0 Å². The molecule has 4 aromatic rings.